The van der Waals surface area contributed by atoms with E-state index >= 15 is 0 Å². The third-order valence-electron chi connectivity index (χ3n) is 4.48. The second-order valence-corrected chi connectivity index (χ2v) is 9.66. The third kappa shape index (κ3) is 5.83. The fourth-order valence-corrected chi connectivity index (χ4v) is 4.35. The van der Waals surface area contributed by atoms with E-state index in [1.165, 1.54) is 36.4 Å². The van der Waals surface area contributed by atoms with Crippen LogP contribution in [0.25, 0.3) is 24.3 Å². The molecule has 3 aromatic carbocycles. The summed E-state index contributed by atoms with van der Waals surface area (Å²) >= 11 is 0. The molecule has 3 rings (SSSR count). The second kappa shape index (κ2) is 8.97. The van der Waals surface area contributed by atoms with Crippen LogP contribution >= 0.6 is 0 Å². The number of benzene rings is 3. The van der Waals surface area contributed by atoms with Crippen molar-refractivity contribution in [2.24, 2.45) is 0 Å². The Hall–Kier alpha value is -3.44. The van der Waals surface area contributed by atoms with Crippen LogP contribution in [0, 0.1) is 0 Å². The number of nitrogens with two attached hydrogens (primary N) is 2. The lowest BCUT2D eigenvalue weighted by atomic mass is 10.1. The molecular weight excluding hydrogens is 452 g/mol. The Morgan fingerprint density at radius 2 is 0.906 bits per heavy atom. The molecule has 0 aliphatic heterocycles. The van der Waals surface area contributed by atoms with E-state index in [1.54, 1.807) is 48.6 Å². The van der Waals surface area contributed by atoms with Crippen molar-refractivity contribution in [1.82, 2.24) is 0 Å². The lowest BCUT2D eigenvalue weighted by Crippen LogP contribution is -2.02. The Morgan fingerprint density at radius 3 is 1.22 bits per heavy atom. The molecular formula is C22H20N2O6S2. The van der Waals surface area contributed by atoms with Crippen LogP contribution in [0.5, 0.6) is 0 Å². The smallest absolute Gasteiger partial charge is 0.295 e. The molecule has 8 nitrogen and oxygen atoms in total. The highest BCUT2D eigenvalue weighted by atomic mass is 32.2. The summed E-state index contributed by atoms with van der Waals surface area (Å²) in [6.45, 7) is 0. The highest BCUT2D eigenvalue weighted by Gasteiger charge is 2.15. The Bertz CT molecular complexity index is 1320. The third-order valence-corrected chi connectivity index (χ3v) is 6.30. The fraction of sp³-hybridized carbons (Fsp3) is 0. The SMILES string of the molecule is Nc1ccc(/C=C/c2ccc(/C=C/c3ccc(N)cc3S(=O)(=O)O)cc2)c(S(=O)(=O)O)c1. The average Bonchev–Trinajstić information content (AvgIpc) is 2.71. The summed E-state index contributed by atoms with van der Waals surface area (Å²) < 4.78 is 65.0. The largest absolute Gasteiger partial charge is 0.399 e. The monoisotopic (exact) mass is 472 g/mol. The molecule has 0 aliphatic carbocycles. The number of rotatable bonds is 6. The Morgan fingerprint density at radius 1 is 0.562 bits per heavy atom. The minimum Gasteiger partial charge on any atom is -0.399 e. The van der Waals surface area contributed by atoms with Gasteiger partial charge in [0.05, 0.1) is 0 Å². The van der Waals surface area contributed by atoms with Crippen molar-refractivity contribution >= 4 is 55.9 Å². The van der Waals surface area contributed by atoms with Gasteiger partial charge in [0.1, 0.15) is 9.79 Å². The summed E-state index contributed by atoms with van der Waals surface area (Å²) in [6.07, 6.45) is 6.43. The van der Waals surface area contributed by atoms with E-state index < -0.39 is 20.2 Å². The summed E-state index contributed by atoms with van der Waals surface area (Å²) in [5.74, 6) is 0. The van der Waals surface area contributed by atoms with Crippen LogP contribution in [0.3, 0.4) is 0 Å². The van der Waals surface area contributed by atoms with Gasteiger partial charge >= 0.3 is 0 Å². The van der Waals surface area contributed by atoms with Gasteiger partial charge in [0, 0.05) is 11.4 Å². The predicted octanol–water partition coefficient (Wildman–Crippen LogP) is 3.69. The van der Waals surface area contributed by atoms with Gasteiger partial charge < -0.3 is 11.5 Å². The van der Waals surface area contributed by atoms with E-state index in [1.807, 2.05) is 0 Å². The summed E-state index contributed by atoms with van der Waals surface area (Å²) in [5.41, 5.74) is 13.7. The van der Waals surface area contributed by atoms with E-state index in [4.69, 9.17) is 11.5 Å². The Labute approximate surface area is 186 Å². The lowest BCUT2D eigenvalue weighted by Gasteiger charge is -2.05. The Kier molecular flexibility index (Phi) is 6.51. The molecule has 0 unspecified atom stereocenters. The van der Waals surface area contributed by atoms with E-state index in [2.05, 4.69) is 0 Å². The molecule has 3 aromatic rings. The van der Waals surface area contributed by atoms with Crippen LogP contribution in [-0.4, -0.2) is 25.9 Å². The molecule has 0 spiro atoms. The van der Waals surface area contributed by atoms with Gasteiger partial charge in [-0.3, -0.25) is 9.11 Å². The van der Waals surface area contributed by atoms with Crippen molar-refractivity contribution in [3.05, 3.63) is 82.9 Å². The summed E-state index contributed by atoms with van der Waals surface area (Å²) in [4.78, 5) is -0.571. The fourth-order valence-electron chi connectivity index (χ4n) is 2.91. The van der Waals surface area contributed by atoms with Crippen molar-refractivity contribution in [3.63, 3.8) is 0 Å². The van der Waals surface area contributed by atoms with E-state index in [9.17, 15) is 25.9 Å². The number of anilines is 2. The summed E-state index contributed by atoms with van der Waals surface area (Å²) in [7, 11) is -8.85. The Balaban J connectivity index is 1.83. The molecule has 0 radical (unpaired) electrons. The second-order valence-electron chi connectivity index (χ2n) is 6.88. The molecule has 32 heavy (non-hydrogen) atoms. The first-order valence-electron chi connectivity index (χ1n) is 9.14. The van der Waals surface area contributed by atoms with Gasteiger partial charge in [-0.05, 0) is 46.5 Å². The number of nitrogen functional groups attached to an aromatic ring is 2. The lowest BCUT2D eigenvalue weighted by molar-refractivity contribution is 0.481. The molecule has 0 amide bonds. The van der Waals surface area contributed by atoms with Crippen LogP contribution in [0.2, 0.25) is 0 Å². The van der Waals surface area contributed by atoms with Crippen molar-refractivity contribution in [2.45, 2.75) is 9.79 Å². The molecule has 0 aromatic heterocycles. The molecule has 0 atom stereocenters. The zero-order valence-electron chi connectivity index (χ0n) is 16.6. The first kappa shape index (κ1) is 23.2. The molecule has 0 saturated carbocycles. The number of hydrogen-bond donors (Lipinski definition) is 4. The topological polar surface area (TPSA) is 161 Å². The minimum absolute atomic E-state index is 0.212. The van der Waals surface area contributed by atoms with Crippen LogP contribution in [0.15, 0.2) is 70.5 Å². The van der Waals surface area contributed by atoms with Crippen molar-refractivity contribution < 1.29 is 25.9 Å². The summed E-state index contributed by atoms with van der Waals surface area (Å²) in [5, 5.41) is 0. The van der Waals surface area contributed by atoms with Gasteiger partial charge in [-0.15, -0.1) is 0 Å². The first-order chi connectivity index (χ1) is 14.9. The molecule has 166 valence electrons. The summed E-state index contributed by atoms with van der Waals surface area (Å²) in [6, 6.07) is 15.5. The standard InChI is InChI=1S/C22H20N2O6S2/c23-19-11-9-17(21(13-19)31(25,26)27)7-5-15-1-2-16(4-3-15)6-8-18-10-12-20(24)14-22(18)32(28,29)30/h1-14H,23-24H2,(H,25,26,27)(H,28,29,30)/b7-5+,8-6+. The van der Waals surface area contributed by atoms with E-state index in [0.717, 1.165) is 11.1 Å². The average molecular weight is 473 g/mol. The zero-order chi connectivity index (χ0) is 23.5. The van der Waals surface area contributed by atoms with E-state index in [0.29, 0.717) is 0 Å². The van der Waals surface area contributed by atoms with Gasteiger partial charge in [-0.25, -0.2) is 0 Å². The van der Waals surface area contributed by atoms with Gasteiger partial charge in [0.2, 0.25) is 0 Å². The highest BCUT2D eigenvalue weighted by Crippen LogP contribution is 2.23. The van der Waals surface area contributed by atoms with Crippen molar-refractivity contribution in [2.75, 3.05) is 11.5 Å². The van der Waals surface area contributed by atoms with E-state index in [-0.39, 0.29) is 32.3 Å². The molecule has 10 heteroatoms. The van der Waals surface area contributed by atoms with Crippen molar-refractivity contribution in [1.29, 1.82) is 0 Å². The molecule has 0 fully saturated rings. The first-order valence-corrected chi connectivity index (χ1v) is 12.0. The predicted molar refractivity (Wildman–Crippen MR) is 126 cm³/mol. The normalized spacial score (nSPS) is 12.6. The van der Waals surface area contributed by atoms with Crippen LogP contribution in [0.1, 0.15) is 22.3 Å². The highest BCUT2D eigenvalue weighted by molar-refractivity contribution is 7.86. The maximum Gasteiger partial charge on any atom is 0.295 e. The van der Waals surface area contributed by atoms with Gasteiger partial charge in [0.15, 0.2) is 0 Å². The molecule has 6 N–H and O–H groups in total. The molecule has 0 bridgehead atoms. The number of hydrogen-bond acceptors (Lipinski definition) is 6. The van der Waals surface area contributed by atoms with Crippen LogP contribution < -0.4 is 11.5 Å². The van der Waals surface area contributed by atoms with Crippen LogP contribution in [-0.2, 0) is 20.2 Å². The maximum atomic E-state index is 11.6. The van der Waals surface area contributed by atoms with Gasteiger partial charge in [-0.2, -0.15) is 16.8 Å². The minimum atomic E-state index is -4.43. The maximum absolute atomic E-state index is 11.6. The molecule has 0 heterocycles. The van der Waals surface area contributed by atoms with Crippen molar-refractivity contribution in [3.8, 4) is 0 Å². The quantitative estimate of drug-likeness (QED) is 0.240. The molecule has 0 saturated heterocycles. The van der Waals surface area contributed by atoms with Gasteiger partial charge in [-0.1, -0.05) is 60.7 Å². The zero-order valence-corrected chi connectivity index (χ0v) is 18.2. The van der Waals surface area contributed by atoms with Crippen LogP contribution in [0.4, 0.5) is 11.4 Å². The molecule has 0 aliphatic rings. The van der Waals surface area contributed by atoms with Gasteiger partial charge in [0.25, 0.3) is 20.2 Å².